The minimum Gasteiger partial charge on any atom is -0.490 e. The van der Waals surface area contributed by atoms with Crippen molar-refractivity contribution in [3.8, 4) is 5.75 Å². The Balaban J connectivity index is 2.58. The van der Waals surface area contributed by atoms with Crippen LogP contribution in [0.3, 0.4) is 0 Å². The summed E-state index contributed by atoms with van der Waals surface area (Å²) in [5.74, 6) is 0.348. The van der Waals surface area contributed by atoms with Gasteiger partial charge in [-0.05, 0) is 19.1 Å². The molecule has 1 aromatic rings. The van der Waals surface area contributed by atoms with E-state index < -0.39 is 12.2 Å². The highest BCUT2D eigenvalue weighted by molar-refractivity contribution is 7.17. The second-order valence-electron chi connectivity index (χ2n) is 4.85. The van der Waals surface area contributed by atoms with Crippen LogP contribution in [0.25, 0.3) is 0 Å². The first-order valence-corrected chi connectivity index (χ1v) is 7.08. The number of benzene rings is 1. The summed E-state index contributed by atoms with van der Waals surface area (Å²) in [4.78, 5) is 0. The highest BCUT2D eigenvalue weighted by Crippen LogP contribution is 2.22. The Bertz CT molecular complexity index is 360. The lowest BCUT2D eigenvalue weighted by molar-refractivity contribution is -0.0386. The first-order valence-electron chi connectivity index (χ1n) is 6.41. The molecule has 0 radical (unpaired) electrons. The van der Waals surface area contributed by atoms with E-state index in [9.17, 15) is 10.2 Å². The van der Waals surface area contributed by atoms with Gasteiger partial charge in [0.1, 0.15) is 11.9 Å². The number of rotatable bonds is 7. The van der Waals surface area contributed by atoms with E-state index in [1.54, 1.807) is 6.92 Å². The van der Waals surface area contributed by atoms with Crippen molar-refractivity contribution in [1.29, 1.82) is 0 Å². The molecule has 0 fully saturated rings. The lowest BCUT2D eigenvalue weighted by Crippen LogP contribution is -2.45. The second kappa shape index (κ2) is 7.81. The lowest BCUT2D eigenvalue weighted by atomic mass is 9.96. The van der Waals surface area contributed by atoms with Crippen molar-refractivity contribution in [3.05, 3.63) is 30.3 Å². The topological polar surface area (TPSA) is 69.9 Å². The van der Waals surface area contributed by atoms with Gasteiger partial charge < -0.3 is 20.1 Å². The SMILES string of the molecule is CC(CO)C(O)C(O)C(P)C(C)Oc1ccccc1. The third-order valence-electron chi connectivity index (χ3n) is 3.22. The van der Waals surface area contributed by atoms with Crippen LogP contribution in [0.5, 0.6) is 5.75 Å². The monoisotopic (exact) mass is 286 g/mol. The van der Waals surface area contributed by atoms with Crippen LogP contribution in [0.1, 0.15) is 13.8 Å². The number of para-hydroxylation sites is 1. The number of ether oxygens (including phenoxy) is 1. The van der Waals surface area contributed by atoms with Crippen LogP contribution in [-0.4, -0.2) is 45.9 Å². The predicted octanol–water partition coefficient (Wildman–Crippen LogP) is 1.05. The molecule has 0 saturated heterocycles. The minimum atomic E-state index is -0.977. The van der Waals surface area contributed by atoms with Crippen molar-refractivity contribution in [2.24, 2.45) is 5.92 Å². The Labute approximate surface area is 116 Å². The molecule has 0 aliphatic rings. The molecule has 0 aromatic heterocycles. The Hall–Kier alpha value is -0.670. The molecule has 108 valence electrons. The van der Waals surface area contributed by atoms with Gasteiger partial charge in [-0.2, -0.15) is 0 Å². The average Bonchev–Trinajstić information content (AvgIpc) is 2.44. The highest BCUT2D eigenvalue weighted by atomic mass is 31.0. The zero-order chi connectivity index (χ0) is 14.4. The van der Waals surface area contributed by atoms with Crippen molar-refractivity contribution >= 4 is 9.24 Å². The van der Waals surface area contributed by atoms with E-state index in [-0.39, 0.29) is 24.3 Å². The Kier molecular flexibility index (Phi) is 6.73. The molecule has 0 aliphatic carbocycles. The molecule has 6 unspecified atom stereocenters. The van der Waals surface area contributed by atoms with Crippen molar-refractivity contribution in [2.75, 3.05) is 6.61 Å². The van der Waals surface area contributed by atoms with E-state index in [1.807, 2.05) is 37.3 Å². The first-order chi connectivity index (χ1) is 8.97. The third-order valence-corrected chi connectivity index (χ3v) is 4.16. The summed E-state index contributed by atoms with van der Waals surface area (Å²) in [7, 11) is 2.50. The molecule has 5 heteroatoms. The van der Waals surface area contributed by atoms with Gasteiger partial charge in [-0.1, -0.05) is 25.1 Å². The zero-order valence-electron chi connectivity index (χ0n) is 11.3. The minimum absolute atomic E-state index is 0.163. The molecule has 0 heterocycles. The summed E-state index contributed by atoms with van der Waals surface area (Å²) in [5.41, 5.74) is -0.329. The van der Waals surface area contributed by atoms with Crippen LogP contribution in [0.4, 0.5) is 0 Å². The summed E-state index contributed by atoms with van der Waals surface area (Å²) in [6.07, 6.45) is -2.22. The molecule has 0 bridgehead atoms. The van der Waals surface area contributed by atoms with Crippen molar-refractivity contribution in [1.82, 2.24) is 0 Å². The smallest absolute Gasteiger partial charge is 0.119 e. The van der Waals surface area contributed by atoms with Crippen molar-refractivity contribution < 1.29 is 20.1 Å². The van der Waals surface area contributed by atoms with E-state index >= 15 is 0 Å². The largest absolute Gasteiger partial charge is 0.490 e. The zero-order valence-corrected chi connectivity index (χ0v) is 12.5. The van der Waals surface area contributed by atoms with Gasteiger partial charge in [0.15, 0.2) is 0 Å². The maximum absolute atomic E-state index is 10.1. The van der Waals surface area contributed by atoms with Gasteiger partial charge in [0, 0.05) is 18.2 Å². The summed E-state index contributed by atoms with van der Waals surface area (Å²) in [5, 5.41) is 29.0. The van der Waals surface area contributed by atoms with E-state index in [1.165, 1.54) is 0 Å². The highest BCUT2D eigenvalue weighted by Gasteiger charge is 2.31. The summed E-state index contributed by atoms with van der Waals surface area (Å²) in [6, 6.07) is 9.33. The maximum atomic E-state index is 10.1. The molecule has 3 N–H and O–H groups in total. The van der Waals surface area contributed by atoms with E-state index in [2.05, 4.69) is 9.24 Å². The van der Waals surface area contributed by atoms with Crippen LogP contribution in [0.2, 0.25) is 0 Å². The summed E-state index contributed by atoms with van der Waals surface area (Å²) in [6.45, 7) is 3.36. The van der Waals surface area contributed by atoms with Crippen LogP contribution < -0.4 is 4.74 Å². The molecule has 0 aliphatic heterocycles. The number of hydrogen-bond donors (Lipinski definition) is 3. The Morgan fingerprint density at radius 2 is 1.68 bits per heavy atom. The molecule has 19 heavy (non-hydrogen) atoms. The molecular formula is C14H23O4P. The maximum Gasteiger partial charge on any atom is 0.119 e. The fourth-order valence-corrected chi connectivity index (χ4v) is 2.05. The Morgan fingerprint density at radius 1 is 1.11 bits per heavy atom. The van der Waals surface area contributed by atoms with Gasteiger partial charge in [0.05, 0.1) is 12.2 Å². The van der Waals surface area contributed by atoms with Gasteiger partial charge in [-0.15, -0.1) is 9.24 Å². The van der Waals surface area contributed by atoms with Gasteiger partial charge in [-0.3, -0.25) is 0 Å². The molecule has 0 amide bonds. The van der Waals surface area contributed by atoms with Gasteiger partial charge in [0.2, 0.25) is 0 Å². The standard InChI is InChI=1S/C14H23O4P/c1-9(8-15)12(16)13(17)14(19)10(2)18-11-6-4-3-5-7-11/h3-7,9-10,12-17H,8,19H2,1-2H3. The van der Waals surface area contributed by atoms with E-state index in [0.29, 0.717) is 0 Å². The fraction of sp³-hybridized carbons (Fsp3) is 0.571. The van der Waals surface area contributed by atoms with Crippen LogP contribution >= 0.6 is 9.24 Å². The number of hydrogen-bond acceptors (Lipinski definition) is 4. The predicted molar refractivity (Wildman–Crippen MR) is 78.3 cm³/mol. The molecule has 1 rings (SSSR count). The summed E-state index contributed by atoms with van der Waals surface area (Å²) < 4.78 is 5.71. The Morgan fingerprint density at radius 3 is 2.21 bits per heavy atom. The number of aliphatic hydroxyl groups excluding tert-OH is 3. The van der Waals surface area contributed by atoms with E-state index in [4.69, 9.17) is 9.84 Å². The average molecular weight is 286 g/mol. The lowest BCUT2D eigenvalue weighted by Gasteiger charge is -2.30. The van der Waals surface area contributed by atoms with Gasteiger partial charge >= 0.3 is 0 Å². The van der Waals surface area contributed by atoms with Crippen LogP contribution in [0, 0.1) is 5.92 Å². The third kappa shape index (κ3) is 4.73. The molecular weight excluding hydrogens is 263 g/mol. The molecule has 4 nitrogen and oxygen atoms in total. The first kappa shape index (κ1) is 16.4. The normalized spacial score (nSPS) is 19.3. The molecule has 0 spiro atoms. The van der Waals surface area contributed by atoms with E-state index in [0.717, 1.165) is 5.75 Å². The molecule has 1 aromatic carbocycles. The van der Waals surface area contributed by atoms with Crippen molar-refractivity contribution in [3.63, 3.8) is 0 Å². The van der Waals surface area contributed by atoms with Gasteiger partial charge in [-0.25, -0.2) is 0 Å². The second-order valence-corrected chi connectivity index (χ2v) is 5.62. The quantitative estimate of drug-likeness (QED) is 0.655. The van der Waals surface area contributed by atoms with Crippen LogP contribution in [0.15, 0.2) is 30.3 Å². The number of aliphatic hydroxyl groups is 3. The fourth-order valence-electron chi connectivity index (χ4n) is 1.74. The molecule has 6 atom stereocenters. The summed E-state index contributed by atoms with van der Waals surface area (Å²) >= 11 is 0. The van der Waals surface area contributed by atoms with Crippen molar-refractivity contribution in [2.45, 2.75) is 37.8 Å². The van der Waals surface area contributed by atoms with Gasteiger partial charge in [0.25, 0.3) is 0 Å². The molecule has 0 saturated carbocycles. The van der Waals surface area contributed by atoms with Crippen LogP contribution in [-0.2, 0) is 0 Å².